The van der Waals surface area contributed by atoms with Gasteiger partial charge < -0.3 is 10.1 Å². The molecule has 3 aromatic rings. The van der Waals surface area contributed by atoms with Crippen molar-refractivity contribution in [2.45, 2.75) is 12.7 Å². The molecule has 2 heterocycles. The lowest BCUT2D eigenvalue weighted by Crippen LogP contribution is -2.21. The lowest BCUT2D eigenvalue weighted by atomic mass is 10.2. The van der Waals surface area contributed by atoms with Crippen LogP contribution in [0.2, 0.25) is 0 Å². The number of benzene rings is 1. The quantitative estimate of drug-likeness (QED) is 0.509. The molecule has 0 bridgehead atoms. The Morgan fingerprint density at radius 2 is 1.89 bits per heavy atom. The van der Waals surface area contributed by atoms with Crippen molar-refractivity contribution in [1.29, 1.82) is 0 Å². The molecular weight excluding hydrogens is 381 g/mol. The first-order valence-corrected chi connectivity index (χ1v) is 7.93. The van der Waals surface area contributed by atoms with Crippen molar-refractivity contribution >= 4 is 17.2 Å². The maximum absolute atomic E-state index is 12.3. The Balaban J connectivity index is 1.79. The third-order valence-corrected chi connectivity index (χ3v) is 3.68. The number of ether oxygens (including phenoxy) is 1. The van der Waals surface area contributed by atoms with Crippen molar-refractivity contribution in [2.75, 3.05) is 11.9 Å². The van der Waals surface area contributed by atoms with E-state index in [4.69, 9.17) is 0 Å². The maximum Gasteiger partial charge on any atom is 0.422 e. The van der Waals surface area contributed by atoms with E-state index in [2.05, 4.69) is 15.0 Å². The van der Waals surface area contributed by atoms with Crippen LogP contribution in [0.1, 0.15) is 5.56 Å². The van der Waals surface area contributed by atoms with Crippen LogP contribution >= 0.6 is 0 Å². The summed E-state index contributed by atoms with van der Waals surface area (Å²) in [7, 11) is 0. The number of pyridine rings is 1. The molecule has 1 N–H and O–H groups in total. The lowest BCUT2D eigenvalue weighted by Gasteiger charge is -2.10. The molecule has 0 atom stereocenters. The molecule has 146 valence electrons. The Kier molecular flexibility index (Phi) is 5.16. The zero-order chi connectivity index (χ0) is 20.3. The molecule has 0 spiro atoms. The third-order valence-electron chi connectivity index (χ3n) is 3.68. The highest BCUT2D eigenvalue weighted by molar-refractivity contribution is 5.59. The molecule has 1 aromatic carbocycles. The van der Waals surface area contributed by atoms with E-state index in [9.17, 15) is 28.1 Å². The van der Waals surface area contributed by atoms with E-state index in [0.717, 1.165) is 4.40 Å². The van der Waals surface area contributed by atoms with Crippen LogP contribution in [0.15, 0.2) is 53.5 Å². The van der Waals surface area contributed by atoms with E-state index in [-0.39, 0.29) is 23.8 Å². The number of fused-ring (bicyclic) bond motifs is 1. The second-order valence-electron chi connectivity index (χ2n) is 5.70. The minimum atomic E-state index is -4.44. The summed E-state index contributed by atoms with van der Waals surface area (Å²) in [5, 5.41) is 14.0. The summed E-state index contributed by atoms with van der Waals surface area (Å²) < 4.78 is 42.1. The van der Waals surface area contributed by atoms with Crippen molar-refractivity contribution in [1.82, 2.24) is 9.38 Å². The van der Waals surface area contributed by atoms with Crippen LogP contribution in [0.5, 0.6) is 5.75 Å². The van der Waals surface area contributed by atoms with Gasteiger partial charge in [-0.25, -0.2) is 4.98 Å². The molecular formula is C17H13F3N4O4. The molecule has 0 aliphatic carbocycles. The van der Waals surface area contributed by atoms with Gasteiger partial charge in [0.15, 0.2) is 6.61 Å². The van der Waals surface area contributed by atoms with Crippen LogP contribution in [-0.2, 0) is 6.54 Å². The highest BCUT2D eigenvalue weighted by atomic mass is 19.4. The summed E-state index contributed by atoms with van der Waals surface area (Å²) in [6.45, 7) is -1.34. The Bertz CT molecular complexity index is 1060. The number of alkyl halides is 3. The van der Waals surface area contributed by atoms with E-state index in [1.54, 1.807) is 12.1 Å². The van der Waals surface area contributed by atoms with Crippen LogP contribution in [0.4, 0.5) is 24.7 Å². The van der Waals surface area contributed by atoms with Crippen LogP contribution in [-0.4, -0.2) is 27.1 Å². The molecule has 11 heteroatoms. The van der Waals surface area contributed by atoms with E-state index < -0.39 is 29.0 Å². The van der Waals surface area contributed by atoms with Crippen LogP contribution in [0.3, 0.4) is 0 Å². The summed E-state index contributed by atoms with van der Waals surface area (Å²) in [6.07, 6.45) is -3.06. The van der Waals surface area contributed by atoms with Crippen LogP contribution in [0.25, 0.3) is 5.65 Å². The van der Waals surface area contributed by atoms with E-state index in [1.807, 2.05) is 0 Å². The van der Waals surface area contributed by atoms with Crippen LogP contribution in [0, 0.1) is 10.1 Å². The normalized spacial score (nSPS) is 11.4. The second-order valence-corrected chi connectivity index (χ2v) is 5.70. The molecule has 0 radical (unpaired) electrons. The number of hydrogen-bond donors (Lipinski definition) is 1. The molecule has 2 aromatic heterocycles. The highest BCUT2D eigenvalue weighted by Gasteiger charge is 2.28. The van der Waals surface area contributed by atoms with Gasteiger partial charge in [-0.05, 0) is 29.8 Å². The van der Waals surface area contributed by atoms with Gasteiger partial charge >= 0.3 is 17.4 Å². The van der Waals surface area contributed by atoms with Gasteiger partial charge in [0.2, 0.25) is 5.82 Å². The van der Waals surface area contributed by atoms with Gasteiger partial charge in [0.25, 0.3) is 0 Å². The topological polar surface area (TPSA) is 98.8 Å². The van der Waals surface area contributed by atoms with E-state index in [0.29, 0.717) is 5.56 Å². The molecule has 0 unspecified atom stereocenters. The average Bonchev–Trinajstić information content (AvgIpc) is 2.64. The third kappa shape index (κ3) is 4.37. The van der Waals surface area contributed by atoms with E-state index >= 15 is 0 Å². The Morgan fingerprint density at radius 3 is 2.54 bits per heavy atom. The lowest BCUT2D eigenvalue weighted by molar-refractivity contribution is -0.385. The van der Waals surface area contributed by atoms with Crippen molar-refractivity contribution in [3.63, 3.8) is 0 Å². The second kappa shape index (κ2) is 7.55. The van der Waals surface area contributed by atoms with Gasteiger partial charge in [-0.1, -0.05) is 18.2 Å². The zero-order valence-corrected chi connectivity index (χ0v) is 14.1. The number of nitrogens with zero attached hydrogens (tertiary/aromatic N) is 3. The number of nitro groups is 1. The summed E-state index contributed by atoms with van der Waals surface area (Å²) in [5.41, 5.74) is -0.692. The zero-order valence-electron chi connectivity index (χ0n) is 14.1. The van der Waals surface area contributed by atoms with Crippen molar-refractivity contribution in [2.24, 2.45) is 0 Å². The fraction of sp³-hybridized carbons (Fsp3) is 0.176. The van der Waals surface area contributed by atoms with Crippen molar-refractivity contribution in [3.05, 3.63) is 74.7 Å². The SMILES string of the molecule is O=c1c([N+](=O)[O-])c(NCc2ccc(OCC(F)(F)F)cc2)nc2ccccn12. The standard InChI is InChI=1S/C17H13F3N4O4/c18-17(19,20)10-28-12-6-4-11(5-7-12)9-21-15-14(24(26)27)16(25)23-8-2-1-3-13(23)22-15/h1-8,21H,9-10H2. The number of aromatic nitrogens is 2. The van der Waals surface area contributed by atoms with Gasteiger partial charge in [0.1, 0.15) is 11.4 Å². The number of nitrogens with one attached hydrogen (secondary N) is 1. The van der Waals surface area contributed by atoms with Gasteiger partial charge in [-0.3, -0.25) is 19.3 Å². The molecule has 0 saturated heterocycles. The highest BCUT2D eigenvalue weighted by Crippen LogP contribution is 2.21. The average molecular weight is 394 g/mol. The molecule has 0 saturated carbocycles. The number of anilines is 1. The first-order chi connectivity index (χ1) is 13.2. The minimum Gasteiger partial charge on any atom is -0.484 e. The molecule has 3 rings (SSSR count). The summed E-state index contributed by atoms with van der Waals surface area (Å²) in [5.74, 6) is -0.160. The van der Waals surface area contributed by atoms with E-state index in [1.165, 1.54) is 36.5 Å². The molecule has 0 amide bonds. The number of rotatable bonds is 6. The van der Waals surface area contributed by atoms with Gasteiger partial charge in [0, 0.05) is 12.7 Å². The smallest absolute Gasteiger partial charge is 0.422 e. The first-order valence-electron chi connectivity index (χ1n) is 7.93. The molecule has 0 aliphatic rings. The Hall–Kier alpha value is -3.63. The summed E-state index contributed by atoms with van der Waals surface area (Å²) in [4.78, 5) is 26.9. The fourth-order valence-electron chi connectivity index (χ4n) is 2.42. The predicted octanol–water partition coefficient (Wildman–Crippen LogP) is 3.16. The summed E-state index contributed by atoms with van der Waals surface area (Å²) >= 11 is 0. The number of halogens is 3. The molecule has 0 aliphatic heterocycles. The van der Waals surface area contributed by atoms with Crippen molar-refractivity contribution in [3.8, 4) is 5.75 Å². The molecule has 28 heavy (non-hydrogen) atoms. The van der Waals surface area contributed by atoms with Gasteiger partial charge in [-0.15, -0.1) is 0 Å². The van der Waals surface area contributed by atoms with Crippen molar-refractivity contribution < 1.29 is 22.8 Å². The minimum absolute atomic E-state index is 0.0362. The van der Waals surface area contributed by atoms with Crippen LogP contribution < -0.4 is 15.6 Å². The van der Waals surface area contributed by atoms with Gasteiger partial charge in [0.05, 0.1) is 4.92 Å². The first kappa shape index (κ1) is 19.1. The monoisotopic (exact) mass is 394 g/mol. The predicted molar refractivity (Wildman–Crippen MR) is 93.4 cm³/mol. The maximum atomic E-state index is 12.3. The number of hydrogen-bond acceptors (Lipinski definition) is 6. The fourth-order valence-corrected chi connectivity index (χ4v) is 2.42. The largest absolute Gasteiger partial charge is 0.484 e. The van der Waals surface area contributed by atoms with Gasteiger partial charge in [-0.2, -0.15) is 13.2 Å². The summed E-state index contributed by atoms with van der Waals surface area (Å²) in [6, 6.07) is 10.4. The Morgan fingerprint density at radius 1 is 1.18 bits per heavy atom. The Labute approximate surface area is 155 Å². The molecule has 0 fully saturated rings. The molecule has 8 nitrogen and oxygen atoms in total.